The Morgan fingerprint density at radius 1 is 0.518 bits per heavy atom. The molecule has 2 aromatic carbocycles. The van der Waals surface area contributed by atoms with E-state index in [1.165, 1.54) is 0 Å². The predicted octanol–water partition coefficient (Wildman–Crippen LogP) is 6.26. The molecule has 4 heterocycles. The van der Waals surface area contributed by atoms with Gasteiger partial charge in [0.1, 0.15) is 11.6 Å². The quantitative estimate of drug-likeness (QED) is 0.194. The molecular weight excluding hydrogens is 705 g/mol. The van der Waals surface area contributed by atoms with Crippen molar-refractivity contribution in [2.75, 3.05) is 13.1 Å². The third-order valence-electron chi connectivity index (χ3n) is 13.0. The molecule has 4 aromatic rings. The first-order valence-electron chi connectivity index (χ1n) is 20.8. The average Bonchev–Trinajstić information content (AvgIpc) is 4.08. The second kappa shape index (κ2) is 13.7. The lowest BCUT2D eigenvalue weighted by Gasteiger charge is -2.28. The molecule has 6 fully saturated rings. The van der Waals surface area contributed by atoms with Gasteiger partial charge in [0.25, 0.3) is 0 Å². The van der Waals surface area contributed by atoms with Gasteiger partial charge in [-0.2, -0.15) is 0 Å². The molecule has 6 aliphatic rings. The Morgan fingerprint density at radius 3 is 1.16 bits per heavy atom. The number of aromatic nitrogens is 4. The highest BCUT2D eigenvalue weighted by Gasteiger charge is 2.49. The Labute approximate surface area is 327 Å². The number of carbonyl (C=O) groups excluding carboxylic acids is 4. The number of rotatable bonds is 9. The number of carbonyl (C=O) groups is 4. The molecule has 4 aliphatic carbocycles. The van der Waals surface area contributed by atoms with Crippen LogP contribution in [-0.2, 0) is 19.2 Å². The van der Waals surface area contributed by atoms with Crippen molar-refractivity contribution in [1.82, 2.24) is 39.5 Å². The van der Waals surface area contributed by atoms with Crippen LogP contribution in [0.2, 0.25) is 0 Å². The summed E-state index contributed by atoms with van der Waals surface area (Å²) in [7, 11) is 0. The smallest absolute Gasteiger partial charge is 0.312 e. The molecule has 10 rings (SSSR count). The number of hydrogen-bond acceptors (Lipinski definition) is 6. The van der Waals surface area contributed by atoms with Crippen molar-refractivity contribution < 1.29 is 19.2 Å². The van der Waals surface area contributed by atoms with Gasteiger partial charge in [-0.25, -0.2) is 9.97 Å². The molecule has 4 atom stereocenters. The summed E-state index contributed by atoms with van der Waals surface area (Å²) in [5.41, 5.74) is 5.88. The Balaban J connectivity index is 0.803. The first-order chi connectivity index (χ1) is 27.2. The zero-order chi connectivity index (χ0) is 38.2. The van der Waals surface area contributed by atoms with Gasteiger partial charge in [0.2, 0.25) is 0 Å². The van der Waals surface area contributed by atoms with E-state index in [4.69, 9.17) is 9.97 Å². The molecule has 4 amide bonds. The van der Waals surface area contributed by atoms with Crippen molar-refractivity contribution in [3.63, 3.8) is 0 Å². The van der Waals surface area contributed by atoms with Crippen molar-refractivity contribution in [2.45, 2.75) is 114 Å². The molecule has 0 bridgehead atoms. The van der Waals surface area contributed by atoms with E-state index in [0.29, 0.717) is 13.1 Å². The molecule has 12 heteroatoms. The molecule has 2 N–H and O–H groups in total. The summed E-state index contributed by atoms with van der Waals surface area (Å²) in [6, 6.07) is 17.1. The van der Waals surface area contributed by atoms with E-state index < -0.39 is 11.8 Å². The maximum atomic E-state index is 13.6. The lowest BCUT2D eigenvalue weighted by atomic mass is 10.0. The van der Waals surface area contributed by atoms with Crippen molar-refractivity contribution in [3.8, 4) is 33.6 Å². The number of imidazole rings is 2. The van der Waals surface area contributed by atoms with E-state index >= 15 is 0 Å². The van der Waals surface area contributed by atoms with Gasteiger partial charge < -0.3 is 29.6 Å². The molecule has 2 aliphatic heterocycles. The first kappa shape index (κ1) is 35.2. The number of hydrogen-bond donors (Lipinski definition) is 2. The number of nitrogens with zero attached hydrogens (tertiary/aromatic N) is 6. The summed E-state index contributed by atoms with van der Waals surface area (Å²) in [5.74, 6) is 0.370. The largest absolute Gasteiger partial charge is 0.340 e. The van der Waals surface area contributed by atoms with Gasteiger partial charge in [-0.05, 0) is 98.3 Å². The molecule has 2 saturated heterocycles. The highest BCUT2D eigenvalue weighted by atomic mass is 16.2. The zero-order valence-corrected chi connectivity index (χ0v) is 32.2. The molecule has 290 valence electrons. The lowest BCUT2D eigenvalue weighted by Crippen LogP contribution is -2.47. The third kappa shape index (κ3) is 6.50. The van der Waals surface area contributed by atoms with Gasteiger partial charge >= 0.3 is 23.6 Å². The number of amides is 4. The monoisotopic (exact) mass is 754 g/mol. The summed E-state index contributed by atoms with van der Waals surface area (Å²) in [5, 5.41) is 0. The van der Waals surface area contributed by atoms with Crippen LogP contribution in [0, 0.1) is 11.8 Å². The lowest BCUT2D eigenvalue weighted by molar-refractivity contribution is -0.153. The van der Waals surface area contributed by atoms with Crippen LogP contribution in [0.4, 0.5) is 0 Å². The number of H-pyrrole nitrogens is 2. The minimum Gasteiger partial charge on any atom is -0.340 e. The summed E-state index contributed by atoms with van der Waals surface area (Å²) in [6.45, 7) is 5.38. The summed E-state index contributed by atoms with van der Waals surface area (Å²) in [4.78, 5) is 77.6. The minimum atomic E-state index is -0.390. The molecular formula is C44H50N8O4. The Morgan fingerprint density at radius 2 is 0.839 bits per heavy atom. The van der Waals surface area contributed by atoms with Crippen molar-refractivity contribution in [2.24, 2.45) is 11.8 Å². The van der Waals surface area contributed by atoms with Crippen molar-refractivity contribution >= 4 is 23.6 Å². The van der Waals surface area contributed by atoms with E-state index in [1.807, 2.05) is 22.2 Å². The van der Waals surface area contributed by atoms with Gasteiger partial charge in [-0.15, -0.1) is 0 Å². The predicted molar refractivity (Wildman–Crippen MR) is 209 cm³/mol. The second-order valence-electron chi connectivity index (χ2n) is 17.3. The van der Waals surface area contributed by atoms with Gasteiger partial charge in [0.05, 0.1) is 35.9 Å². The number of aromatic amines is 2. The molecule has 56 heavy (non-hydrogen) atoms. The van der Waals surface area contributed by atoms with Crippen molar-refractivity contribution in [1.29, 1.82) is 0 Å². The van der Waals surface area contributed by atoms with Gasteiger partial charge in [0, 0.05) is 37.3 Å². The Hall–Kier alpha value is -5.26. The number of nitrogens with one attached hydrogen (secondary N) is 2. The van der Waals surface area contributed by atoms with Crippen LogP contribution in [0.1, 0.15) is 102 Å². The summed E-state index contributed by atoms with van der Waals surface area (Å²) in [6.07, 6.45) is 13.3. The van der Waals surface area contributed by atoms with Crippen LogP contribution < -0.4 is 0 Å². The van der Waals surface area contributed by atoms with E-state index in [9.17, 15) is 19.2 Å². The Bertz CT molecular complexity index is 1980. The van der Waals surface area contributed by atoms with Crippen LogP contribution >= 0.6 is 0 Å². The van der Waals surface area contributed by atoms with Gasteiger partial charge in [0.15, 0.2) is 0 Å². The highest BCUT2D eigenvalue weighted by molar-refractivity contribution is 6.35. The normalized spacial score (nSPS) is 24.8. The van der Waals surface area contributed by atoms with Crippen LogP contribution in [-0.4, -0.2) is 100 Å². The fourth-order valence-electron chi connectivity index (χ4n) is 9.27. The van der Waals surface area contributed by atoms with E-state index in [-0.39, 0.29) is 59.9 Å². The average molecular weight is 755 g/mol. The summed E-state index contributed by atoms with van der Waals surface area (Å²) >= 11 is 0. The molecule has 0 spiro atoms. The van der Waals surface area contributed by atoms with Crippen LogP contribution in [0.3, 0.4) is 0 Å². The summed E-state index contributed by atoms with van der Waals surface area (Å²) < 4.78 is 0. The zero-order valence-electron chi connectivity index (χ0n) is 32.2. The molecule has 12 nitrogen and oxygen atoms in total. The molecule has 4 saturated carbocycles. The highest BCUT2D eigenvalue weighted by Crippen LogP contribution is 2.42. The Kier molecular flexibility index (Phi) is 8.63. The minimum absolute atomic E-state index is 0.190. The fraction of sp³-hybridized carbons (Fsp3) is 0.500. The van der Waals surface area contributed by atoms with E-state index in [0.717, 1.165) is 109 Å². The van der Waals surface area contributed by atoms with E-state index in [2.05, 4.69) is 72.3 Å². The SMILES string of the molecule is C[C@@H]1CCN(C(=O)C(=O)N(C2CC2)C2CC2)C1c1ncc(-c2ccc(-c3ccc(-c4cnc(C5[C@H](C)CCN5C(=O)C(=O)N(C5CC5)C5CC5)[nH]4)cc3)cc2)[nH]1. The number of benzene rings is 2. The standard InChI is InChI=1S/C44H50N8O4/c1-25-19-21-49(41(53)43(55)51(31-11-12-31)32-13-14-32)37(25)39-45-23-35(47-39)29-7-3-27(4-8-29)28-5-9-30(10-6-28)36-24-46-40(48-36)38-26(2)20-22-50(38)42(54)44(56)52(33-15-16-33)34-17-18-34/h3-10,23-26,31-34,37-38H,11-22H2,1-2H3,(H,45,47)(H,46,48)/t25-,26-,37?,38?/m1/s1. The van der Waals surface area contributed by atoms with Gasteiger partial charge in [-0.1, -0.05) is 62.4 Å². The maximum absolute atomic E-state index is 13.6. The molecule has 0 radical (unpaired) electrons. The van der Waals surface area contributed by atoms with Crippen LogP contribution in [0.25, 0.3) is 33.6 Å². The molecule has 2 aromatic heterocycles. The fourth-order valence-corrected chi connectivity index (χ4v) is 9.27. The number of likely N-dealkylation sites (tertiary alicyclic amines) is 2. The molecule has 2 unspecified atom stereocenters. The van der Waals surface area contributed by atoms with Crippen LogP contribution in [0.5, 0.6) is 0 Å². The first-order valence-corrected chi connectivity index (χ1v) is 20.8. The second-order valence-corrected chi connectivity index (χ2v) is 17.3. The van der Waals surface area contributed by atoms with E-state index in [1.54, 1.807) is 9.80 Å². The topological polar surface area (TPSA) is 139 Å². The van der Waals surface area contributed by atoms with Crippen LogP contribution in [0.15, 0.2) is 60.9 Å². The third-order valence-corrected chi connectivity index (χ3v) is 13.0. The van der Waals surface area contributed by atoms with Gasteiger partial charge in [-0.3, -0.25) is 19.2 Å². The maximum Gasteiger partial charge on any atom is 0.312 e. The van der Waals surface area contributed by atoms with Crippen molar-refractivity contribution in [3.05, 3.63) is 72.6 Å².